The third-order valence-electron chi connectivity index (χ3n) is 3.65. The Morgan fingerprint density at radius 2 is 2.00 bits per heavy atom. The summed E-state index contributed by atoms with van der Waals surface area (Å²) in [6, 6.07) is 17.5. The molecule has 1 atom stereocenters. The highest BCUT2D eigenvalue weighted by molar-refractivity contribution is 7.10. The zero-order valence-electron chi connectivity index (χ0n) is 10.4. The molecule has 0 bridgehead atoms. The van der Waals surface area contributed by atoms with Gasteiger partial charge in [-0.25, -0.2) is 0 Å². The van der Waals surface area contributed by atoms with Crippen molar-refractivity contribution in [3.8, 4) is 5.69 Å². The highest BCUT2D eigenvalue weighted by Crippen LogP contribution is 2.32. The van der Waals surface area contributed by atoms with Crippen molar-refractivity contribution in [3.63, 3.8) is 0 Å². The lowest BCUT2D eigenvalue weighted by Crippen LogP contribution is -2.20. The molecule has 0 saturated carbocycles. The molecule has 0 unspecified atom stereocenters. The number of fused-ring (bicyclic) bond motifs is 3. The first-order chi connectivity index (χ1) is 9.43. The van der Waals surface area contributed by atoms with Crippen molar-refractivity contribution in [2.24, 2.45) is 0 Å². The van der Waals surface area contributed by atoms with Crippen LogP contribution in [0.15, 0.2) is 60.1 Å². The first-order valence-corrected chi connectivity index (χ1v) is 7.34. The number of hydrogen-bond donors (Lipinski definition) is 1. The Hall–Kier alpha value is -1.84. The van der Waals surface area contributed by atoms with Crippen molar-refractivity contribution in [3.05, 3.63) is 76.2 Å². The van der Waals surface area contributed by atoms with Gasteiger partial charge in [-0.2, -0.15) is 0 Å². The molecule has 94 valence electrons. The SMILES string of the molecule is c1csc([C@@H]2NCc3ccccc3-n3cccc32)c1. The molecule has 1 aliphatic heterocycles. The molecule has 0 spiro atoms. The Bertz CT molecular complexity index is 697. The summed E-state index contributed by atoms with van der Waals surface area (Å²) in [5, 5.41) is 5.81. The molecule has 0 aliphatic carbocycles. The van der Waals surface area contributed by atoms with E-state index in [1.807, 2.05) is 11.3 Å². The average Bonchev–Trinajstić information content (AvgIpc) is 3.10. The number of nitrogens with zero attached hydrogens (tertiary/aromatic N) is 1. The van der Waals surface area contributed by atoms with Gasteiger partial charge in [-0.15, -0.1) is 11.3 Å². The fourth-order valence-electron chi connectivity index (χ4n) is 2.76. The molecule has 1 aromatic carbocycles. The van der Waals surface area contributed by atoms with Gasteiger partial charge in [0.25, 0.3) is 0 Å². The van der Waals surface area contributed by atoms with Crippen LogP contribution < -0.4 is 5.32 Å². The zero-order valence-corrected chi connectivity index (χ0v) is 11.2. The average molecular weight is 266 g/mol. The first kappa shape index (κ1) is 11.0. The smallest absolute Gasteiger partial charge is 0.0831 e. The van der Waals surface area contributed by atoms with E-state index >= 15 is 0 Å². The van der Waals surface area contributed by atoms with E-state index in [-0.39, 0.29) is 6.04 Å². The quantitative estimate of drug-likeness (QED) is 0.710. The van der Waals surface area contributed by atoms with Gasteiger partial charge in [-0.3, -0.25) is 0 Å². The molecule has 2 aromatic heterocycles. The maximum Gasteiger partial charge on any atom is 0.0831 e. The van der Waals surface area contributed by atoms with Crippen molar-refractivity contribution in [1.29, 1.82) is 0 Å². The van der Waals surface area contributed by atoms with Crippen molar-refractivity contribution in [2.75, 3.05) is 0 Å². The van der Waals surface area contributed by atoms with E-state index in [2.05, 4.69) is 70.0 Å². The minimum Gasteiger partial charge on any atom is -0.319 e. The van der Waals surface area contributed by atoms with Gasteiger partial charge in [0.15, 0.2) is 0 Å². The van der Waals surface area contributed by atoms with E-state index in [0.717, 1.165) is 6.54 Å². The predicted octanol–water partition coefficient (Wildman–Crippen LogP) is 3.73. The number of nitrogens with one attached hydrogen (secondary N) is 1. The first-order valence-electron chi connectivity index (χ1n) is 6.46. The maximum absolute atomic E-state index is 3.67. The third kappa shape index (κ3) is 1.74. The summed E-state index contributed by atoms with van der Waals surface area (Å²) in [6.07, 6.45) is 2.15. The summed E-state index contributed by atoms with van der Waals surface area (Å²) >= 11 is 1.81. The lowest BCUT2D eigenvalue weighted by atomic mass is 10.1. The Labute approximate surface area is 116 Å². The number of aromatic nitrogens is 1. The zero-order chi connectivity index (χ0) is 12.7. The van der Waals surface area contributed by atoms with E-state index in [4.69, 9.17) is 0 Å². The van der Waals surface area contributed by atoms with Crippen LogP contribution in [0.1, 0.15) is 22.2 Å². The molecular formula is C16H14N2S. The van der Waals surface area contributed by atoms with Gasteiger partial charge in [-0.1, -0.05) is 24.3 Å². The molecule has 4 rings (SSSR count). The second-order valence-electron chi connectivity index (χ2n) is 4.76. The lowest BCUT2D eigenvalue weighted by molar-refractivity contribution is 0.609. The van der Waals surface area contributed by atoms with Crippen molar-refractivity contribution in [1.82, 2.24) is 9.88 Å². The van der Waals surface area contributed by atoms with Crippen LogP contribution in [0, 0.1) is 0 Å². The maximum atomic E-state index is 3.67. The van der Waals surface area contributed by atoms with Gasteiger partial charge in [0, 0.05) is 29.0 Å². The van der Waals surface area contributed by atoms with Crippen LogP contribution in [0.25, 0.3) is 5.69 Å². The van der Waals surface area contributed by atoms with Crippen LogP contribution in [0.3, 0.4) is 0 Å². The third-order valence-corrected chi connectivity index (χ3v) is 4.59. The number of para-hydroxylation sites is 1. The number of thiophene rings is 1. The second-order valence-corrected chi connectivity index (χ2v) is 5.74. The molecule has 1 aliphatic rings. The number of rotatable bonds is 1. The molecule has 0 saturated heterocycles. The predicted molar refractivity (Wildman–Crippen MR) is 78.8 cm³/mol. The Morgan fingerprint density at radius 1 is 1.05 bits per heavy atom. The lowest BCUT2D eigenvalue weighted by Gasteiger charge is -2.15. The molecule has 0 amide bonds. The molecule has 3 heterocycles. The van der Waals surface area contributed by atoms with Crippen LogP contribution >= 0.6 is 11.3 Å². The van der Waals surface area contributed by atoms with E-state index in [1.165, 1.54) is 21.8 Å². The fraction of sp³-hybridized carbons (Fsp3) is 0.125. The highest BCUT2D eigenvalue weighted by Gasteiger charge is 2.22. The fourth-order valence-corrected chi connectivity index (χ4v) is 3.57. The Kier molecular flexibility index (Phi) is 2.53. The number of benzene rings is 1. The molecule has 2 nitrogen and oxygen atoms in total. The van der Waals surface area contributed by atoms with E-state index in [9.17, 15) is 0 Å². The normalized spacial score (nSPS) is 17.6. The molecule has 19 heavy (non-hydrogen) atoms. The molecule has 3 heteroatoms. The molecule has 0 fully saturated rings. The summed E-state index contributed by atoms with van der Waals surface area (Å²) < 4.78 is 2.31. The van der Waals surface area contributed by atoms with Crippen LogP contribution in [0.2, 0.25) is 0 Å². The van der Waals surface area contributed by atoms with Gasteiger partial charge in [0.05, 0.1) is 6.04 Å². The summed E-state index contributed by atoms with van der Waals surface area (Å²) in [5.41, 5.74) is 3.94. The minimum absolute atomic E-state index is 0.280. The Balaban J connectivity index is 1.90. The van der Waals surface area contributed by atoms with Gasteiger partial charge < -0.3 is 9.88 Å². The summed E-state index contributed by atoms with van der Waals surface area (Å²) in [7, 11) is 0. The minimum atomic E-state index is 0.280. The van der Waals surface area contributed by atoms with E-state index in [1.54, 1.807) is 0 Å². The molecule has 1 N–H and O–H groups in total. The summed E-state index contributed by atoms with van der Waals surface area (Å²) in [5.74, 6) is 0. The van der Waals surface area contributed by atoms with Crippen LogP contribution in [-0.2, 0) is 6.54 Å². The highest BCUT2D eigenvalue weighted by atomic mass is 32.1. The van der Waals surface area contributed by atoms with Crippen molar-refractivity contribution in [2.45, 2.75) is 12.6 Å². The van der Waals surface area contributed by atoms with Gasteiger partial charge in [0.2, 0.25) is 0 Å². The van der Waals surface area contributed by atoms with Crippen molar-refractivity contribution >= 4 is 11.3 Å². The summed E-state index contributed by atoms with van der Waals surface area (Å²) in [6.45, 7) is 0.903. The van der Waals surface area contributed by atoms with Crippen LogP contribution in [0.4, 0.5) is 0 Å². The molecule has 3 aromatic rings. The van der Waals surface area contributed by atoms with E-state index in [0.29, 0.717) is 0 Å². The van der Waals surface area contributed by atoms with Crippen LogP contribution in [0.5, 0.6) is 0 Å². The monoisotopic (exact) mass is 266 g/mol. The number of hydrogen-bond acceptors (Lipinski definition) is 2. The van der Waals surface area contributed by atoms with Gasteiger partial charge in [0.1, 0.15) is 0 Å². The van der Waals surface area contributed by atoms with Crippen molar-refractivity contribution < 1.29 is 0 Å². The molecular weight excluding hydrogens is 252 g/mol. The van der Waals surface area contributed by atoms with Gasteiger partial charge in [-0.05, 0) is 35.2 Å². The van der Waals surface area contributed by atoms with Gasteiger partial charge >= 0.3 is 0 Å². The standard InChI is InChI=1S/C16H14N2S/c1-2-6-13-12(5-1)11-17-16(15-8-4-10-19-15)14-7-3-9-18(13)14/h1-10,16-17H,11H2/t16-/m1/s1. The summed E-state index contributed by atoms with van der Waals surface area (Å²) in [4.78, 5) is 1.37. The van der Waals surface area contributed by atoms with E-state index < -0.39 is 0 Å². The largest absolute Gasteiger partial charge is 0.319 e. The molecule has 0 radical (unpaired) electrons. The second kappa shape index (κ2) is 4.37. The Morgan fingerprint density at radius 3 is 2.89 bits per heavy atom. The van der Waals surface area contributed by atoms with Crippen LogP contribution in [-0.4, -0.2) is 4.57 Å². The topological polar surface area (TPSA) is 17.0 Å².